The number of thiazole rings is 1. The number of pyridine rings is 1. The molecule has 0 bridgehead atoms. The molecule has 0 fully saturated rings. The molecule has 0 aliphatic heterocycles. The predicted molar refractivity (Wildman–Crippen MR) is 74.5 cm³/mol. The Morgan fingerprint density at radius 1 is 1.44 bits per heavy atom. The number of aryl methyl sites for hydroxylation is 1. The van der Waals surface area contributed by atoms with Gasteiger partial charge in [-0.3, -0.25) is 4.98 Å². The predicted octanol–water partition coefficient (Wildman–Crippen LogP) is 3.07. The van der Waals surface area contributed by atoms with Crippen molar-refractivity contribution in [3.63, 3.8) is 0 Å². The summed E-state index contributed by atoms with van der Waals surface area (Å²) in [4.78, 5) is 8.54. The number of nitrogens with one attached hydrogen (secondary N) is 1. The van der Waals surface area contributed by atoms with Crippen molar-refractivity contribution >= 4 is 17.0 Å². The zero-order valence-electron chi connectivity index (χ0n) is 10.8. The molecule has 5 heteroatoms. The highest BCUT2D eigenvalue weighted by Crippen LogP contribution is 2.25. The number of methoxy groups -OCH3 is 1. The Bertz CT molecular complexity index is 499. The fourth-order valence-corrected chi connectivity index (χ4v) is 2.37. The lowest BCUT2D eigenvalue weighted by Gasteiger charge is -2.14. The highest BCUT2D eigenvalue weighted by molar-refractivity contribution is 7.09. The molecule has 0 aromatic carbocycles. The number of aromatic nitrogens is 2. The van der Waals surface area contributed by atoms with E-state index in [1.54, 1.807) is 24.6 Å². The standard InChI is InChI=1S/C13H17N3OS/c1-9(13-14-4-5-18-13)7-16-11-6-10(2)15-8-12(11)17-3/h4-6,8-9H,7H2,1-3H3,(H,15,16). The minimum atomic E-state index is 0.378. The SMILES string of the molecule is COc1cnc(C)cc1NCC(C)c1nccs1. The van der Waals surface area contributed by atoms with E-state index < -0.39 is 0 Å². The molecule has 0 aliphatic rings. The van der Waals surface area contributed by atoms with Crippen molar-refractivity contribution in [2.75, 3.05) is 19.0 Å². The molecule has 4 nitrogen and oxygen atoms in total. The summed E-state index contributed by atoms with van der Waals surface area (Å²) in [6.07, 6.45) is 3.58. The second kappa shape index (κ2) is 5.82. The van der Waals surface area contributed by atoms with Gasteiger partial charge in [0.2, 0.25) is 0 Å². The summed E-state index contributed by atoms with van der Waals surface area (Å²) in [6, 6.07) is 1.99. The van der Waals surface area contributed by atoms with Crippen LogP contribution >= 0.6 is 11.3 Å². The van der Waals surface area contributed by atoms with Crippen LogP contribution in [0.2, 0.25) is 0 Å². The third kappa shape index (κ3) is 2.98. The van der Waals surface area contributed by atoms with Crippen LogP contribution in [-0.4, -0.2) is 23.6 Å². The van der Waals surface area contributed by atoms with Gasteiger partial charge in [0.1, 0.15) is 0 Å². The van der Waals surface area contributed by atoms with Gasteiger partial charge >= 0.3 is 0 Å². The van der Waals surface area contributed by atoms with Crippen LogP contribution in [0.1, 0.15) is 23.5 Å². The summed E-state index contributed by atoms with van der Waals surface area (Å²) >= 11 is 1.68. The van der Waals surface area contributed by atoms with Crippen LogP contribution in [0, 0.1) is 6.92 Å². The Balaban J connectivity index is 2.03. The van der Waals surface area contributed by atoms with Gasteiger partial charge in [-0.15, -0.1) is 11.3 Å². The third-order valence-corrected chi connectivity index (χ3v) is 3.70. The monoisotopic (exact) mass is 263 g/mol. The Labute approximate surface area is 111 Å². The second-order valence-electron chi connectivity index (χ2n) is 4.18. The minimum Gasteiger partial charge on any atom is -0.493 e. The molecule has 0 amide bonds. The molecule has 0 saturated heterocycles. The van der Waals surface area contributed by atoms with E-state index in [0.717, 1.165) is 28.7 Å². The zero-order chi connectivity index (χ0) is 13.0. The van der Waals surface area contributed by atoms with Crippen molar-refractivity contribution in [1.82, 2.24) is 9.97 Å². The largest absolute Gasteiger partial charge is 0.493 e. The summed E-state index contributed by atoms with van der Waals surface area (Å²) in [7, 11) is 1.65. The minimum absolute atomic E-state index is 0.378. The van der Waals surface area contributed by atoms with Crippen LogP contribution < -0.4 is 10.1 Å². The number of nitrogens with zero attached hydrogens (tertiary/aromatic N) is 2. The molecule has 2 aromatic heterocycles. The number of rotatable bonds is 5. The number of hydrogen-bond donors (Lipinski definition) is 1. The van der Waals surface area contributed by atoms with E-state index >= 15 is 0 Å². The lowest BCUT2D eigenvalue weighted by Crippen LogP contribution is -2.10. The van der Waals surface area contributed by atoms with Crippen molar-refractivity contribution in [2.24, 2.45) is 0 Å². The second-order valence-corrected chi connectivity index (χ2v) is 5.10. The summed E-state index contributed by atoms with van der Waals surface area (Å²) in [5, 5.41) is 6.54. The Morgan fingerprint density at radius 3 is 2.94 bits per heavy atom. The van der Waals surface area contributed by atoms with Crippen molar-refractivity contribution in [1.29, 1.82) is 0 Å². The van der Waals surface area contributed by atoms with Gasteiger partial charge in [0.05, 0.1) is 24.0 Å². The molecule has 0 spiro atoms. The van der Waals surface area contributed by atoms with Crippen LogP contribution in [0.4, 0.5) is 5.69 Å². The molecule has 0 saturated carbocycles. The average Bonchev–Trinajstić information content (AvgIpc) is 2.90. The third-order valence-electron chi connectivity index (χ3n) is 2.70. The van der Waals surface area contributed by atoms with Crippen molar-refractivity contribution in [3.05, 3.63) is 34.5 Å². The van der Waals surface area contributed by atoms with Crippen molar-refractivity contribution < 1.29 is 4.74 Å². The van der Waals surface area contributed by atoms with E-state index in [2.05, 4.69) is 22.2 Å². The molecule has 96 valence electrons. The number of anilines is 1. The molecule has 18 heavy (non-hydrogen) atoms. The first-order chi connectivity index (χ1) is 8.70. The zero-order valence-corrected chi connectivity index (χ0v) is 11.6. The smallest absolute Gasteiger partial charge is 0.160 e. The van der Waals surface area contributed by atoms with Crippen LogP contribution in [0.5, 0.6) is 5.75 Å². The van der Waals surface area contributed by atoms with E-state index in [1.165, 1.54) is 0 Å². The maximum absolute atomic E-state index is 5.29. The molecule has 2 rings (SSSR count). The van der Waals surface area contributed by atoms with Crippen LogP contribution in [0.3, 0.4) is 0 Å². The van der Waals surface area contributed by atoms with Gasteiger partial charge in [-0.1, -0.05) is 6.92 Å². The molecule has 1 N–H and O–H groups in total. The fourth-order valence-electron chi connectivity index (χ4n) is 1.68. The van der Waals surface area contributed by atoms with E-state index in [1.807, 2.05) is 24.6 Å². The van der Waals surface area contributed by atoms with Crippen molar-refractivity contribution in [2.45, 2.75) is 19.8 Å². The molecule has 1 atom stereocenters. The summed E-state index contributed by atoms with van der Waals surface area (Å²) in [6.45, 7) is 4.95. The van der Waals surface area contributed by atoms with Crippen LogP contribution in [-0.2, 0) is 0 Å². The quantitative estimate of drug-likeness (QED) is 0.900. The molecule has 0 aliphatic carbocycles. The molecule has 2 heterocycles. The molecular weight excluding hydrogens is 246 g/mol. The average molecular weight is 263 g/mol. The maximum Gasteiger partial charge on any atom is 0.160 e. The molecule has 1 unspecified atom stereocenters. The Kier molecular flexibility index (Phi) is 4.15. The van der Waals surface area contributed by atoms with E-state index in [4.69, 9.17) is 4.74 Å². The van der Waals surface area contributed by atoms with Crippen LogP contribution in [0.15, 0.2) is 23.8 Å². The fraction of sp³-hybridized carbons (Fsp3) is 0.385. The van der Waals surface area contributed by atoms with Gasteiger partial charge in [0.25, 0.3) is 0 Å². The normalized spacial score (nSPS) is 12.2. The first kappa shape index (κ1) is 12.8. The molecular formula is C13H17N3OS. The van der Waals surface area contributed by atoms with Gasteiger partial charge in [-0.25, -0.2) is 4.98 Å². The van der Waals surface area contributed by atoms with Gasteiger partial charge in [-0.05, 0) is 13.0 Å². The van der Waals surface area contributed by atoms with Gasteiger partial charge in [0.15, 0.2) is 5.75 Å². The first-order valence-electron chi connectivity index (χ1n) is 5.84. The summed E-state index contributed by atoms with van der Waals surface area (Å²) < 4.78 is 5.29. The van der Waals surface area contributed by atoms with Gasteiger partial charge in [0, 0.05) is 29.7 Å². The van der Waals surface area contributed by atoms with E-state index in [9.17, 15) is 0 Å². The van der Waals surface area contributed by atoms with Crippen LogP contribution in [0.25, 0.3) is 0 Å². The summed E-state index contributed by atoms with van der Waals surface area (Å²) in [5.74, 6) is 1.15. The Hall–Kier alpha value is -1.62. The maximum atomic E-state index is 5.29. The van der Waals surface area contributed by atoms with Gasteiger partial charge < -0.3 is 10.1 Å². The number of hydrogen-bond acceptors (Lipinski definition) is 5. The van der Waals surface area contributed by atoms with E-state index in [-0.39, 0.29) is 0 Å². The first-order valence-corrected chi connectivity index (χ1v) is 6.72. The summed E-state index contributed by atoms with van der Waals surface area (Å²) in [5.41, 5.74) is 1.95. The lowest BCUT2D eigenvalue weighted by molar-refractivity contribution is 0.414. The van der Waals surface area contributed by atoms with E-state index in [0.29, 0.717) is 5.92 Å². The Morgan fingerprint density at radius 2 is 2.28 bits per heavy atom. The molecule has 0 radical (unpaired) electrons. The highest BCUT2D eigenvalue weighted by atomic mass is 32.1. The lowest BCUT2D eigenvalue weighted by atomic mass is 10.2. The van der Waals surface area contributed by atoms with Gasteiger partial charge in [-0.2, -0.15) is 0 Å². The van der Waals surface area contributed by atoms with Crippen molar-refractivity contribution in [3.8, 4) is 5.75 Å². The highest BCUT2D eigenvalue weighted by Gasteiger charge is 2.10. The topological polar surface area (TPSA) is 47.0 Å². The molecule has 2 aromatic rings. The number of ether oxygens (including phenoxy) is 1.